The number of hydrogen-bond donors (Lipinski definition) is 2. The van der Waals surface area contributed by atoms with E-state index >= 15 is 0 Å². The van der Waals surface area contributed by atoms with Gasteiger partial charge in [0.1, 0.15) is 11.3 Å². The van der Waals surface area contributed by atoms with Gasteiger partial charge < -0.3 is 15.1 Å². The lowest BCUT2D eigenvalue weighted by Crippen LogP contribution is -1.95. The third-order valence-corrected chi connectivity index (χ3v) is 4.57. The van der Waals surface area contributed by atoms with E-state index in [2.05, 4.69) is 62.3 Å². The molecule has 0 aliphatic heterocycles. The van der Waals surface area contributed by atoms with Crippen LogP contribution in [-0.4, -0.2) is 14.1 Å². The van der Waals surface area contributed by atoms with E-state index in [0.29, 0.717) is 0 Å². The first-order valence-electron chi connectivity index (χ1n) is 9.34. The van der Waals surface area contributed by atoms with E-state index in [-0.39, 0.29) is 0 Å². The summed E-state index contributed by atoms with van der Waals surface area (Å²) in [4.78, 5) is 0. The number of furan rings is 1. The summed E-state index contributed by atoms with van der Waals surface area (Å²) < 4.78 is 6.02. The maximum atomic E-state index is 6.02. The van der Waals surface area contributed by atoms with Gasteiger partial charge >= 0.3 is 0 Å². The number of rotatable bonds is 9. The van der Waals surface area contributed by atoms with Crippen LogP contribution in [0.4, 0.5) is 11.4 Å². The third-order valence-electron chi connectivity index (χ3n) is 4.57. The van der Waals surface area contributed by atoms with Crippen molar-refractivity contribution in [2.75, 3.05) is 24.7 Å². The van der Waals surface area contributed by atoms with E-state index in [9.17, 15) is 0 Å². The van der Waals surface area contributed by atoms with Crippen LogP contribution in [0.15, 0.2) is 52.5 Å². The van der Waals surface area contributed by atoms with Crippen molar-refractivity contribution in [2.24, 2.45) is 0 Å². The molecule has 2 aromatic rings. The third kappa shape index (κ3) is 5.29. The minimum Gasteiger partial charge on any atom is -0.456 e. The fraction of sp³-hybridized carbons (Fsp3) is 0.391. The second kappa shape index (κ2) is 9.33. The standard InChI is InChI=1S/C23H32N2O/c1-16(2)9-7-10-17(3)11-8-12-18(4)22-14-19-13-20(24-5)21(25-6)15-23(19)26-22/h9,11,13-15,24-25H,4,7-8,10,12H2,1-3,5-6H3/b17-11+. The monoisotopic (exact) mass is 352 g/mol. The molecule has 0 bridgehead atoms. The van der Waals surface area contributed by atoms with Gasteiger partial charge in [0.25, 0.3) is 0 Å². The first-order chi connectivity index (χ1) is 12.4. The lowest BCUT2D eigenvalue weighted by atomic mass is 10.1. The van der Waals surface area contributed by atoms with E-state index in [0.717, 1.165) is 59.4 Å². The van der Waals surface area contributed by atoms with Gasteiger partial charge in [0.2, 0.25) is 0 Å². The normalized spacial score (nSPS) is 11.5. The number of anilines is 2. The van der Waals surface area contributed by atoms with Crippen LogP contribution < -0.4 is 10.6 Å². The molecule has 2 rings (SSSR count). The van der Waals surface area contributed by atoms with Crippen LogP contribution in [0.5, 0.6) is 0 Å². The minimum atomic E-state index is 0.880. The zero-order valence-corrected chi connectivity index (χ0v) is 16.8. The lowest BCUT2D eigenvalue weighted by molar-refractivity contribution is 0.596. The minimum absolute atomic E-state index is 0.880. The topological polar surface area (TPSA) is 37.2 Å². The van der Waals surface area contributed by atoms with Crippen molar-refractivity contribution >= 4 is 27.9 Å². The van der Waals surface area contributed by atoms with Crippen molar-refractivity contribution in [3.63, 3.8) is 0 Å². The van der Waals surface area contributed by atoms with Crippen LogP contribution in [0, 0.1) is 0 Å². The molecule has 0 radical (unpaired) electrons. The Morgan fingerprint density at radius 2 is 1.62 bits per heavy atom. The fourth-order valence-corrected chi connectivity index (χ4v) is 2.98. The quantitative estimate of drug-likeness (QED) is 0.477. The Hall–Kier alpha value is -2.42. The summed E-state index contributed by atoms with van der Waals surface area (Å²) in [5.74, 6) is 0.880. The van der Waals surface area contributed by atoms with Gasteiger partial charge in [0.05, 0.1) is 11.4 Å². The van der Waals surface area contributed by atoms with Gasteiger partial charge in [-0.05, 0) is 64.2 Å². The molecule has 0 unspecified atom stereocenters. The van der Waals surface area contributed by atoms with Gasteiger partial charge in [-0.15, -0.1) is 0 Å². The molecule has 0 fully saturated rings. The zero-order chi connectivity index (χ0) is 19.1. The predicted octanol–water partition coefficient (Wildman–Crippen LogP) is 7.00. The Labute approximate surface area is 157 Å². The first kappa shape index (κ1) is 19.9. The summed E-state index contributed by atoms with van der Waals surface area (Å²) in [6.45, 7) is 10.7. The molecule has 0 saturated carbocycles. The van der Waals surface area contributed by atoms with Crippen molar-refractivity contribution in [2.45, 2.75) is 46.5 Å². The van der Waals surface area contributed by atoms with Gasteiger partial charge in [-0.2, -0.15) is 0 Å². The Kier molecular flexibility index (Phi) is 7.14. The molecular formula is C23H32N2O. The largest absolute Gasteiger partial charge is 0.456 e. The van der Waals surface area contributed by atoms with Crippen molar-refractivity contribution in [1.29, 1.82) is 0 Å². The summed E-state index contributed by atoms with van der Waals surface area (Å²) in [5, 5.41) is 7.50. The van der Waals surface area contributed by atoms with Crippen LogP contribution in [0.1, 0.15) is 52.2 Å². The van der Waals surface area contributed by atoms with E-state index in [1.54, 1.807) is 0 Å². The van der Waals surface area contributed by atoms with Crippen LogP contribution >= 0.6 is 0 Å². The highest BCUT2D eigenvalue weighted by Crippen LogP contribution is 2.32. The van der Waals surface area contributed by atoms with Gasteiger partial charge in [-0.1, -0.05) is 29.9 Å². The molecule has 1 heterocycles. The second-order valence-corrected chi connectivity index (χ2v) is 7.06. The van der Waals surface area contributed by atoms with Gasteiger partial charge in [-0.25, -0.2) is 0 Å². The van der Waals surface area contributed by atoms with Gasteiger partial charge in [-0.3, -0.25) is 0 Å². The van der Waals surface area contributed by atoms with Crippen molar-refractivity contribution in [1.82, 2.24) is 0 Å². The highest BCUT2D eigenvalue weighted by Gasteiger charge is 2.10. The Bertz CT molecular complexity index is 779. The SMILES string of the molecule is C=C(CC/C=C(\C)CCC=C(C)C)c1cc2cc(NC)c(NC)cc2o1. The molecule has 0 aliphatic rings. The van der Waals surface area contributed by atoms with E-state index in [1.165, 1.54) is 11.1 Å². The highest BCUT2D eigenvalue weighted by molar-refractivity contribution is 5.90. The molecule has 0 amide bonds. The van der Waals surface area contributed by atoms with E-state index in [4.69, 9.17) is 4.42 Å². The molecule has 0 aliphatic carbocycles. The molecule has 140 valence electrons. The molecule has 0 saturated heterocycles. The van der Waals surface area contributed by atoms with Crippen LogP contribution in [0.25, 0.3) is 16.5 Å². The van der Waals surface area contributed by atoms with Crippen LogP contribution in [0.3, 0.4) is 0 Å². The zero-order valence-electron chi connectivity index (χ0n) is 16.8. The summed E-state index contributed by atoms with van der Waals surface area (Å²) in [5.41, 5.74) is 6.86. The molecule has 26 heavy (non-hydrogen) atoms. The summed E-state index contributed by atoms with van der Waals surface area (Å²) in [6.07, 6.45) is 8.78. The molecule has 2 N–H and O–H groups in total. The Morgan fingerprint density at radius 3 is 2.27 bits per heavy atom. The molecule has 3 heteroatoms. The average molecular weight is 353 g/mol. The van der Waals surface area contributed by atoms with Crippen molar-refractivity contribution < 1.29 is 4.42 Å². The summed E-state index contributed by atoms with van der Waals surface area (Å²) in [6, 6.07) is 6.23. The van der Waals surface area contributed by atoms with Crippen LogP contribution in [0.2, 0.25) is 0 Å². The van der Waals surface area contributed by atoms with E-state index in [1.807, 2.05) is 20.2 Å². The van der Waals surface area contributed by atoms with Crippen molar-refractivity contribution in [3.05, 3.63) is 53.8 Å². The Morgan fingerprint density at radius 1 is 0.962 bits per heavy atom. The molecule has 0 spiro atoms. The molecular weight excluding hydrogens is 320 g/mol. The molecule has 1 aromatic carbocycles. The smallest absolute Gasteiger partial charge is 0.137 e. The molecule has 3 nitrogen and oxygen atoms in total. The number of allylic oxidation sites excluding steroid dienone is 5. The predicted molar refractivity (Wildman–Crippen MR) is 116 cm³/mol. The van der Waals surface area contributed by atoms with Crippen LogP contribution in [-0.2, 0) is 0 Å². The number of fused-ring (bicyclic) bond motifs is 1. The number of nitrogens with one attached hydrogen (secondary N) is 2. The molecule has 1 aromatic heterocycles. The highest BCUT2D eigenvalue weighted by atomic mass is 16.3. The summed E-state index contributed by atoms with van der Waals surface area (Å²) >= 11 is 0. The Balaban J connectivity index is 2.00. The van der Waals surface area contributed by atoms with Gasteiger partial charge in [0.15, 0.2) is 0 Å². The average Bonchev–Trinajstić information content (AvgIpc) is 3.02. The maximum Gasteiger partial charge on any atom is 0.137 e. The molecule has 0 atom stereocenters. The number of benzene rings is 1. The van der Waals surface area contributed by atoms with E-state index < -0.39 is 0 Å². The fourth-order valence-electron chi connectivity index (χ4n) is 2.98. The first-order valence-corrected chi connectivity index (χ1v) is 9.34. The van der Waals surface area contributed by atoms with Crippen molar-refractivity contribution in [3.8, 4) is 0 Å². The van der Waals surface area contributed by atoms with Gasteiger partial charge in [0, 0.05) is 25.5 Å². The lowest BCUT2D eigenvalue weighted by Gasteiger charge is -2.07. The summed E-state index contributed by atoms with van der Waals surface area (Å²) in [7, 11) is 3.84. The number of hydrogen-bond acceptors (Lipinski definition) is 3. The second-order valence-electron chi connectivity index (χ2n) is 7.06. The maximum absolute atomic E-state index is 6.02.